The van der Waals surface area contributed by atoms with Gasteiger partial charge in [0.25, 0.3) is 5.91 Å². The highest BCUT2D eigenvalue weighted by Gasteiger charge is 2.17. The Morgan fingerprint density at radius 1 is 1.00 bits per heavy atom. The van der Waals surface area contributed by atoms with Crippen molar-refractivity contribution in [3.05, 3.63) is 100 Å². The lowest BCUT2D eigenvalue weighted by Crippen LogP contribution is -2.27. The van der Waals surface area contributed by atoms with Gasteiger partial charge in [0.15, 0.2) is 0 Å². The molecule has 3 aromatic rings. The van der Waals surface area contributed by atoms with E-state index in [2.05, 4.69) is 36.5 Å². The number of hydrogen-bond acceptors (Lipinski definition) is 2. The van der Waals surface area contributed by atoms with E-state index in [0.717, 1.165) is 17.5 Å². The number of carbonyl (C=O) groups is 1. The van der Waals surface area contributed by atoms with Crippen molar-refractivity contribution >= 4 is 17.5 Å². The van der Waals surface area contributed by atoms with Gasteiger partial charge in [0, 0.05) is 5.02 Å². The van der Waals surface area contributed by atoms with E-state index in [4.69, 9.17) is 16.3 Å². The van der Waals surface area contributed by atoms with E-state index in [0.29, 0.717) is 22.9 Å². The van der Waals surface area contributed by atoms with Gasteiger partial charge in [0.05, 0.1) is 11.6 Å². The van der Waals surface area contributed by atoms with Crippen LogP contribution in [0.2, 0.25) is 5.02 Å². The predicted molar refractivity (Wildman–Crippen MR) is 114 cm³/mol. The van der Waals surface area contributed by atoms with Crippen LogP contribution >= 0.6 is 11.6 Å². The summed E-state index contributed by atoms with van der Waals surface area (Å²) in [6.45, 7) is 4.47. The Morgan fingerprint density at radius 3 is 2.39 bits per heavy atom. The predicted octanol–water partition coefficient (Wildman–Crippen LogP) is 5.97. The smallest absolute Gasteiger partial charge is 0.255 e. The second-order valence-electron chi connectivity index (χ2n) is 6.71. The molecule has 0 saturated carbocycles. The first-order chi connectivity index (χ1) is 13.6. The lowest BCUT2D eigenvalue weighted by molar-refractivity contribution is 0.0935. The fourth-order valence-corrected chi connectivity index (χ4v) is 3.11. The van der Waals surface area contributed by atoms with E-state index in [1.165, 1.54) is 5.56 Å². The minimum atomic E-state index is -0.211. The average molecular weight is 394 g/mol. The molecule has 3 nitrogen and oxygen atoms in total. The highest BCUT2D eigenvalue weighted by molar-refractivity contribution is 6.31. The van der Waals surface area contributed by atoms with Crippen LogP contribution in [0.15, 0.2) is 72.8 Å². The Morgan fingerprint density at radius 2 is 1.71 bits per heavy atom. The molecule has 0 aromatic heterocycles. The van der Waals surface area contributed by atoms with Gasteiger partial charge in [0.1, 0.15) is 12.4 Å². The molecule has 28 heavy (non-hydrogen) atoms. The van der Waals surface area contributed by atoms with Crippen molar-refractivity contribution in [2.24, 2.45) is 0 Å². The van der Waals surface area contributed by atoms with Crippen molar-refractivity contribution < 1.29 is 9.53 Å². The first kappa shape index (κ1) is 20.0. The lowest BCUT2D eigenvalue weighted by Gasteiger charge is -2.17. The molecule has 0 unspecified atom stereocenters. The molecule has 3 rings (SSSR count). The van der Waals surface area contributed by atoms with Crippen molar-refractivity contribution in [1.82, 2.24) is 5.32 Å². The molecular formula is C24H24ClNO2. The zero-order chi connectivity index (χ0) is 19.9. The SMILES string of the molecule is CCc1ccc([C@@H](C)NC(=O)c2cc(Cl)ccc2OCc2ccccc2)cc1. The molecule has 0 spiro atoms. The summed E-state index contributed by atoms with van der Waals surface area (Å²) in [6, 6.07) is 23.1. The van der Waals surface area contributed by atoms with Crippen molar-refractivity contribution in [2.45, 2.75) is 32.9 Å². The molecule has 0 aliphatic heterocycles. The number of hydrogen-bond donors (Lipinski definition) is 1. The number of ether oxygens (including phenoxy) is 1. The lowest BCUT2D eigenvalue weighted by atomic mass is 10.0. The fourth-order valence-electron chi connectivity index (χ4n) is 2.94. The third kappa shape index (κ3) is 5.14. The van der Waals surface area contributed by atoms with Crippen LogP contribution in [0.5, 0.6) is 5.75 Å². The normalized spacial score (nSPS) is 11.7. The van der Waals surface area contributed by atoms with E-state index in [1.807, 2.05) is 37.3 Å². The van der Waals surface area contributed by atoms with Crippen LogP contribution in [0.4, 0.5) is 0 Å². The molecule has 1 atom stereocenters. The van der Waals surface area contributed by atoms with E-state index in [1.54, 1.807) is 18.2 Å². The summed E-state index contributed by atoms with van der Waals surface area (Å²) in [5.41, 5.74) is 3.79. The standard InChI is InChI=1S/C24H24ClNO2/c1-3-18-9-11-20(12-10-18)17(2)26-24(27)22-15-21(25)13-14-23(22)28-16-19-7-5-4-6-8-19/h4-15,17H,3,16H2,1-2H3,(H,26,27)/t17-/m1/s1. The monoisotopic (exact) mass is 393 g/mol. The van der Waals surface area contributed by atoms with Crippen LogP contribution in [-0.2, 0) is 13.0 Å². The quantitative estimate of drug-likeness (QED) is 0.536. The van der Waals surface area contributed by atoms with Crippen molar-refractivity contribution in [2.75, 3.05) is 0 Å². The maximum atomic E-state index is 12.9. The zero-order valence-corrected chi connectivity index (χ0v) is 16.9. The van der Waals surface area contributed by atoms with Crippen molar-refractivity contribution in [1.29, 1.82) is 0 Å². The molecule has 4 heteroatoms. The minimum absolute atomic E-state index is 0.126. The van der Waals surface area contributed by atoms with Gasteiger partial charge in [-0.05, 0) is 48.2 Å². The highest BCUT2D eigenvalue weighted by Crippen LogP contribution is 2.25. The number of aryl methyl sites for hydroxylation is 1. The maximum Gasteiger partial charge on any atom is 0.255 e. The van der Waals surface area contributed by atoms with Gasteiger partial charge < -0.3 is 10.1 Å². The zero-order valence-electron chi connectivity index (χ0n) is 16.1. The molecule has 1 N–H and O–H groups in total. The largest absolute Gasteiger partial charge is 0.488 e. The Kier molecular flexibility index (Phi) is 6.72. The molecule has 0 radical (unpaired) electrons. The summed E-state index contributed by atoms with van der Waals surface area (Å²) in [5.74, 6) is 0.303. The minimum Gasteiger partial charge on any atom is -0.488 e. The summed E-state index contributed by atoms with van der Waals surface area (Å²) in [4.78, 5) is 12.9. The van der Waals surface area contributed by atoms with Crippen molar-refractivity contribution in [3.63, 3.8) is 0 Å². The van der Waals surface area contributed by atoms with Gasteiger partial charge in [-0.15, -0.1) is 0 Å². The van der Waals surface area contributed by atoms with E-state index in [-0.39, 0.29) is 11.9 Å². The van der Waals surface area contributed by atoms with Gasteiger partial charge in [-0.25, -0.2) is 0 Å². The second-order valence-corrected chi connectivity index (χ2v) is 7.14. The van der Waals surface area contributed by atoms with Crippen LogP contribution in [0, 0.1) is 0 Å². The number of carbonyl (C=O) groups excluding carboxylic acids is 1. The number of rotatable bonds is 7. The third-order valence-corrected chi connectivity index (χ3v) is 4.89. The molecule has 0 bridgehead atoms. The molecular weight excluding hydrogens is 370 g/mol. The average Bonchev–Trinajstić information content (AvgIpc) is 2.73. The fraction of sp³-hybridized carbons (Fsp3) is 0.208. The van der Waals surface area contributed by atoms with Gasteiger partial charge in [-0.2, -0.15) is 0 Å². The summed E-state index contributed by atoms with van der Waals surface area (Å²) in [7, 11) is 0. The molecule has 0 heterocycles. The van der Waals surface area contributed by atoms with E-state index in [9.17, 15) is 4.79 Å². The van der Waals surface area contributed by atoms with Gasteiger partial charge in [0.2, 0.25) is 0 Å². The van der Waals surface area contributed by atoms with Crippen LogP contribution in [-0.4, -0.2) is 5.91 Å². The topological polar surface area (TPSA) is 38.3 Å². The van der Waals surface area contributed by atoms with Crippen LogP contribution < -0.4 is 10.1 Å². The van der Waals surface area contributed by atoms with Gasteiger partial charge >= 0.3 is 0 Å². The Balaban J connectivity index is 1.73. The Bertz CT molecular complexity index is 923. The molecule has 0 fully saturated rings. The second kappa shape index (κ2) is 9.43. The molecule has 0 aliphatic carbocycles. The first-order valence-corrected chi connectivity index (χ1v) is 9.80. The summed E-state index contributed by atoms with van der Waals surface area (Å²) in [5, 5.41) is 3.54. The summed E-state index contributed by atoms with van der Waals surface area (Å²) in [6.07, 6.45) is 0.992. The Hall–Kier alpha value is -2.78. The molecule has 0 saturated heterocycles. The van der Waals surface area contributed by atoms with Crippen LogP contribution in [0.25, 0.3) is 0 Å². The van der Waals surface area contributed by atoms with Gasteiger partial charge in [-0.3, -0.25) is 4.79 Å². The summed E-state index contributed by atoms with van der Waals surface area (Å²) >= 11 is 6.13. The van der Waals surface area contributed by atoms with Crippen molar-refractivity contribution in [3.8, 4) is 5.75 Å². The summed E-state index contributed by atoms with van der Waals surface area (Å²) < 4.78 is 5.90. The molecule has 1 amide bonds. The molecule has 3 aromatic carbocycles. The van der Waals surface area contributed by atoms with E-state index >= 15 is 0 Å². The number of halogens is 1. The third-order valence-electron chi connectivity index (χ3n) is 4.66. The van der Waals surface area contributed by atoms with Crippen LogP contribution in [0.1, 0.15) is 46.9 Å². The first-order valence-electron chi connectivity index (χ1n) is 9.42. The number of nitrogens with one attached hydrogen (secondary N) is 1. The molecule has 144 valence electrons. The highest BCUT2D eigenvalue weighted by atomic mass is 35.5. The Labute approximate surface area is 171 Å². The number of amides is 1. The van der Waals surface area contributed by atoms with E-state index < -0.39 is 0 Å². The van der Waals surface area contributed by atoms with Gasteiger partial charge in [-0.1, -0.05) is 73.1 Å². The van der Waals surface area contributed by atoms with Crippen LogP contribution in [0.3, 0.4) is 0 Å². The maximum absolute atomic E-state index is 12.9. The number of benzene rings is 3. The molecule has 0 aliphatic rings.